The highest BCUT2D eigenvalue weighted by Gasteiger charge is 2.24. The van der Waals surface area contributed by atoms with Crippen molar-refractivity contribution in [2.24, 2.45) is 0 Å². The summed E-state index contributed by atoms with van der Waals surface area (Å²) in [5.74, 6) is 1.87. The molecule has 1 saturated heterocycles. The molecule has 7 nitrogen and oxygen atoms in total. The Hall–Kier alpha value is -3.00. The Morgan fingerprint density at radius 2 is 1.97 bits per heavy atom. The Morgan fingerprint density at radius 3 is 2.66 bits per heavy atom. The molecule has 3 aromatic rings. The van der Waals surface area contributed by atoms with Gasteiger partial charge >= 0.3 is 0 Å². The van der Waals surface area contributed by atoms with E-state index in [1.54, 1.807) is 31.6 Å². The zero-order valence-corrected chi connectivity index (χ0v) is 17.3. The van der Waals surface area contributed by atoms with Crippen LogP contribution in [0.1, 0.15) is 34.3 Å². The van der Waals surface area contributed by atoms with Crippen LogP contribution in [0.25, 0.3) is 11.3 Å². The highest BCUT2D eigenvalue weighted by Crippen LogP contribution is 2.36. The van der Waals surface area contributed by atoms with E-state index in [1.807, 2.05) is 30.3 Å². The van der Waals surface area contributed by atoms with Crippen LogP contribution in [0.2, 0.25) is 0 Å². The summed E-state index contributed by atoms with van der Waals surface area (Å²) in [7, 11) is 3.27. The molecule has 3 heterocycles. The lowest BCUT2D eigenvalue weighted by molar-refractivity contribution is 0.0957. The molecule has 150 valence electrons. The Bertz CT molecular complexity index is 981. The molecule has 0 unspecified atom stereocenters. The summed E-state index contributed by atoms with van der Waals surface area (Å²) in [5.41, 5.74) is 2.33. The number of piperidine rings is 1. The van der Waals surface area contributed by atoms with Gasteiger partial charge in [-0.3, -0.25) is 4.79 Å². The monoisotopic (exact) mass is 409 g/mol. The van der Waals surface area contributed by atoms with Crippen LogP contribution in [0.15, 0.2) is 41.8 Å². The molecule has 1 aliphatic rings. The van der Waals surface area contributed by atoms with E-state index in [4.69, 9.17) is 9.72 Å². The van der Waals surface area contributed by atoms with Crippen molar-refractivity contribution in [1.29, 1.82) is 0 Å². The zero-order chi connectivity index (χ0) is 20.2. The summed E-state index contributed by atoms with van der Waals surface area (Å²) in [6.45, 7) is 1.78. The lowest BCUT2D eigenvalue weighted by atomic mass is 9.97. The van der Waals surface area contributed by atoms with Gasteiger partial charge in [0, 0.05) is 37.0 Å². The molecule has 0 aliphatic carbocycles. The molecule has 8 heteroatoms. The fourth-order valence-corrected chi connectivity index (χ4v) is 4.54. The molecule has 0 bridgehead atoms. The van der Waals surface area contributed by atoms with E-state index in [9.17, 15) is 4.79 Å². The molecule has 1 aromatic carbocycles. The number of carbonyl (C=O) groups excluding carboxylic acids is 1. The second-order valence-corrected chi connectivity index (χ2v) is 7.78. The normalized spacial score (nSPS) is 14.6. The number of methoxy groups -OCH3 is 1. The van der Waals surface area contributed by atoms with Crippen molar-refractivity contribution in [3.8, 4) is 17.0 Å². The molecule has 2 aromatic heterocycles. The van der Waals surface area contributed by atoms with Crippen molar-refractivity contribution in [2.75, 3.05) is 32.1 Å². The first-order chi connectivity index (χ1) is 14.2. The average Bonchev–Trinajstić information content (AvgIpc) is 3.29. The number of hydrogen-bond acceptors (Lipinski definition) is 7. The number of aromatic nitrogens is 3. The average molecular weight is 410 g/mol. The number of thiazole rings is 1. The van der Waals surface area contributed by atoms with Gasteiger partial charge < -0.3 is 15.0 Å². The smallest absolute Gasteiger partial charge is 0.271 e. The van der Waals surface area contributed by atoms with Gasteiger partial charge in [0.05, 0.1) is 17.8 Å². The Kier molecular flexibility index (Phi) is 5.71. The van der Waals surface area contributed by atoms with E-state index in [1.165, 1.54) is 5.01 Å². The van der Waals surface area contributed by atoms with Crippen molar-refractivity contribution in [3.05, 3.63) is 52.5 Å². The van der Waals surface area contributed by atoms with Crippen LogP contribution in [-0.4, -0.2) is 48.3 Å². The van der Waals surface area contributed by atoms with Gasteiger partial charge in [-0.15, -0.1) is 21.5 Å². The van der Waals surface area contributed by atoms with E-state index < -0.39 is 0 Å². The second kappa shape index (κ2) is 8.57. The van der Waals surface area contributed by atoms with Crippen molar-refractivity contribution in [3.63, 3.8) is 0 Å². The maximum absolute atomic E-state index is 11.6. The second-order valence-electron chi connectivity index (χ2n) is 6.89. The number of carbonyl (C=O) groups is 1. The molecule has 0 saturated carbocycles. The first kappa shape index (κ1) is 19.3. The van der Waals surface area contributed by atoms with Gasteiger partial charge in [-0.25, -0.2) is 4.98 Å². The number of rotatable bonds is 5. The van der Waals surface area contributed by atoms with Gasteiger partial charge in [0.1, 0.15) is 5.75 Å². The third-order valence-electron chi connectivity index (χ3n) is 5.18. The minimum absolute atomic E-state index is 0.225. The fourth-order valence-electron chi connectivity index (χ4n) is 3.55. The van der Waals surface area contributed by atoms with Gasteiger partial charge in [0.25, 0.3) is 5.91 Å². The molecule has 0 radical (unpaired) electrons. The van der Waals surface area contributed by atoms with Gasteiger partial charge in [-0.1, -0.05) is 12.1 Å². The summed E-state index contributed by atoms with van der Waals surface area (Å²) in [4.78, 5) is 18.7. The van der Waals surface area contributed by atoms with Gasteiger partial charge in [-0.2, -0.15) is 0 Å². The first-order valence-electron chi connectivity index (χ1n) is 9.59. The minimum Gasteiger partial charge on any atom is -0.496 e. The van der Waals surface area contributed by atoms with Crippen LogP contribution in [0.4, 0.5) is 5.82 Å². The Labute approximate surface area is 173 Å². The highest BCUT2D eigenvalue weighted by molar-refractivity contribution is 7.10. The number of nitrogens with zero attached hydrogens (tertiary/aromatic N) is 4. The van der Waals surface area contributed by atoms with E-state index in [0.29, 0.717) is 11.6 Å². The number of ether oxygens (including phenoxy) is 1. The van der Waals surface area contributed by atoms with Crippen molar-refractivity contribution in [1.82, 2.24) is 20.5 Å². The maximum atomic E-state index is 11.6. The fraction of sp³-hybridized carbons (Fsp3) is 0.333. The third kappa shape index (κ3) is 4.07. The molecular formula is C21H23N5O2S. The molecule has 29 heavy (non-hydrogen) atoms. The SMILES string of the molecule is CNC(=O)c1ccc(N2CCC(c3nc(-c4ccccc4OC)cs3)CC2)nn1. The molecule has 0 spiro atoms. The van der Waals surface area contributed by atoms with Crippen molar-refractivity contribution in [2.45, 2.75) is 18.8 Å². The number of amides is 1. The molecule has 0 atom stereocenters. The molecule has 1 aliphatic heterocycles. The lowest BCUT2D eigenvalue weighted by Gasteiger charge is -2.31. The van der Waals surface area contributed by atoms with Gasteiger partial charge in [0.2, 0.25) is 0 Å². The van der Waals surface area contributed by atoms with Gasteiger partial charge in [-0.05, 0) is 37.1 Å². The summed E-state index contributed by atoms with van der Waals surface area (Å²) in [6.07, 6.45) is 2.02. The lowest BCUT2D eigenvalue weighted by Crippen LogP contribution is -2.33. The molecule has 1 amide bonds. The number of benzene rings is 1. The predicted molar refractivity (Wildman–Crippen MR) is 114 cm³/mol. The summed E-state index contributed by atoms with van der Waals surface area (Å²) in [5, 5.41) is 14.1. The van der Waals surface area contributed by atoms with Crippen LogP contribution < -0.4 is 15.0 Å². The maximum Gasteiger partial charge on any atom is 0.271 e. The predicted octanol–water partition coefficient (Wildman–Crippen LogP) is 3.35. The van der Waals surface area contributed by atoms with Crippen LogP contribution in [0.3, 0.4) is 0 Å². The summed E-state index contributed by atoms with van der Waals surface area (Å²) < 4.78 is 5.47. The first-order valence-corrected chi connectivity index (χ1v) is 10.5. The minimum atomic E-state index is -0.225. The van der Waals surface area contributed by atoms with E-state index in [-0.39, 0.29) is 5.91 Å². The number of anilines is 1. The molecular weight excluding hydrogens is 386 g/mol. The van der Waals surface area contributed by atoms with E-state index in [0.717, 1.165) is 48.8 Å². The number of nitrogens with one attached hydrogen (secondary N) is 1. The molecule has 4 rings (SSSR count). The molecule has 1 N–H and O–H groups in total. The summed E-state index contributed by atoms with van der Waals surface area (Å²) >= 11 is 1.72. The summed E-state index contributed by atoms with van der Waals surface area (Å²) in [6, 6.07) is 11.6. The largest absolute Gasteiger partial charge is 0.496 e. The Balaban J connectivity index is 1.41. The quantitative estimate of drug-likeness (QED) is 0.696. The van der Waals surface area contributed by atoms with Crippen molar-refractivity contribution < 1.29 is 9.53 Å². The standard InChI is InChI=1S/C21H23N5O2S/c1-22-20(27)16-7-8-19(25-24-16)26-11-9-14(10-12-26)21-23-17(13-29-21)15-5-3-4-6-18(15)28-2/h3-8,13-14H,9-12H2,1-2H3,(H,22,27). The van der Waals surface area contributed by atoms with Gasteiger partial charge in [0.15, 0.2) is 11.5 Å². The van der Waals surface area contributed by atoms with Crippen LogP contribution in [0, 0.1) is 0 Å². The zero-order valence-electron chi connectivity index (χ0n) is 16.5. The van der Waals surface area contributed by atoms with Crippen LogP contribution in [0.5, 0.6) is 5.75 Å². The number of para-hydroxylation sites is 1. The highest BCUT2D eigenvalue weighted by atomic mass is 32.1. The topological polar surface area (TPSA) is 80.2 Å². The number of hydrogen-bond donors (Lipinski definition) is 1. The Morgan fingerprint density at radius 1 is 1.17 bits per heavy atom. The third-order valence-corrected chi connectivity index (χ3v) is 6.19. The molecule has 1 fully saturated rings. The van der Waals surface area contributed by atoms with E-state index >= 15 is 0 Å². The van der Waals surface area contributed by atoms with Crippen LogP contribution >= 0.6 is 11.3 Å². The van der Waals surface area contributed by atoms with E-state index in [2.05, 4.69) is 25.8 Å². The van der Waals surface area contributed by atoms with Crippen molar-refractivity contribution >= 4 is 23.1 Å². The van der Waals surface area contributed by atoms with Crippen LogP contribution in [-0.2, 0) is 0 Å².